The van der Waals surface area contributed by atoms with E-state index in [0.717, 1.165) is 12.0 Å². The molecule has 4 nitrogen and oxygen atoms in total. The van der Waals surface area contributed by atoms with Crippen LogP contribution in [0.15, 0.2) is 54.6 Å². The third-order valence-electron chi connectivity index (χ3n) is 4.63. The predicted molar refractivity (Wildman–Crippen MR) is 111 cm³/mol. The molecule has 2 rings (SSSR count). The molecular weight excluding hydrogens is 336 g/mol. The number of nitrogens with zero attached hydrogens (tertiary/aromatic N) is 1. The van der Waals surface area contributed by atoms with E-state index in [1.165, 1.54) is 0 Å². The summed E-state index contributed by atoms with van der Waals surface area (Å²) in [5.41, 5.74) is 1.83. The van der Waals surface area contributed by atoms with Crippen molar-refractivity contribution in [3.05, 3.63) is 65.7 Å². The first-order chi connectivity index (χ1) is 12.7. The fourth-order valence-electron chi connectivity index (χ4n) is 2.64. The van der Waals surface area contributed by atoms with Gasteiger partial charge in [0.15, 0.2) is 0 Å². The van der Waals surface area contributed by atoms with Crippen molar-refractivity contribution < 1.29 is 9.59 Å². The number of carbonyl (C=O) groups excluding carboxylic acids is 2. The van der Waals surface area contributed by atoms with Crippen molar-refractivity contribution in [3.63, 3.8) is 0 Å². The molecule has 0 radical (unpaired) electrons. The first-order valence-corrected chi connectivity index (χ1v) is 9.48. The summed E-state index contributed by atoms with van der Waals surface area (Å²) in [6.07, 6.45) is 0.874. The Hall–Kier alpha value is -2.62. The molecule has 1 unspecified atom stereocenters. The molecule has 0 heterocycles. The van der Waals surface area contributed by atoms with Gasteiger partial charge in [-0.15, -0.1) is 0 Å². The van der Waals surface area contributed by atoms with Gasteiger partial charge in [0.25, 0.3) is 5.91 Å². The van der Waals surface area contributed by atoms with Crippen molar-refractivity contribution in [2.75, 3.05) is 5.32 Å². The van der Waals surface area contributed by atoms with E-state index >= 15 is 0 Å². The molecule has 1 atom stereocenters. The maximum Gasteiger partial charge on any atom is 0.254 e. The SMILES string of the molecule is CCC(C)N(Cc1ccccc1)C(=O)c1cccc(NC(=O)C(C)(C)C)c1. The van der Waals surface area contributed by atoms with E-state index in [9.17, 15) is 9.59 Å². The molecule has 0 fully saturated rings. The first-order valence-electron chi connectivity index (χ1n) is 9.48. The zero-order valence-corrected chi connectivity index (χ0v) is 17.0. The Morgan fingerprint density at radius 2 is 1.70 bits per heavy atom. The van der Waals surface area contributed by atoms with Gasteiger partial charge in [-0.3, -0.25) is 9.59 Å². The molecule has 0 saturated carbocycles. The van der Waals surface area contributed by atoms with Crippen molar-refractivity contribution >= 4 is 17.5 Å². The highest BCUT2D eigenvalue weighted by molar-refractivity contribution is 5.98. The fraction of sp³-hybridized carbons (Fsp3) is 0.391. The minimum Gasteiger partial charge on any atom is -0.332 e. The monoisotopic (exact) mass is 366 g/mol. The highest BCUT2D eigenvalue weighted by atomic mass is 16.2. The summed E-state index contributed by atoms with van der Waals surface area (Å²) in [5, 5.41) is 2.90. The second kappa shape index (κ2) is 8.85. The van der Waals surface area contributed by atoms with E-state index in [-0.39, 0.29) is 17.9 Å². The Bertz CT molecular complexity index is 778. The molecule has 0 aromatic heterocycles. The van der Waals surface area contributed by atoms with Gasteiger partial charge in [0, 0.05) is 29.3 Å². The third kappa shape index (κ3) is 5.68. The largest absolute Gasteiger partial charge is 0.332 e. The topological polar surface area (TPSA) is 49.4 Å². The second-order valence-corrected chi connectivity index (χ2v) is 7.96. The van der Waals surface area contributed by atoms with Crippen LogP contribution in [0, 0.1) is 5.41 Å². The van der Waals surface area contributed by atoms with E-state index in [1.54, 1.807) is 12.1 Å². The molecule has 144 valence electrons. The Morgan fingerprint density at radius 1 is 1.04 bits per heavy atom. The van der Waals surface area contributed by atoms with Gasteiger partial charge in [-0.2, -0.15) is 0 Å². The quantitative estimate of drug-likeness (QED) is 0.772. The van der Waals surface area contributed by atoms with Crippen LogP contribution in [0.25, 0.3) is 0 Å². The van der Waals surface area contributed by atoms with Gasteiger partial charge in [-0.05, 0) is 37.1 Å². The molecule has 0 saturated heterocycles. The molecule has 0 spiro atoms. The molecule has 0 bridgehead atoms. The zero-order valence-electron chi connectivity index (χ0n) is 17.0. The number of hydrogen-bond donors (Lipinski definition) is 1. The van der Waals surface area contributed by atoms with E-state index < -0.39 is 5.41 Å². The maximum atomic E-state index is 13.2. The summed E-state index contributed by atoms with van der Waals surface area (Å²) in [7, 11) is 0. The normalized spacial score (nSPS) is 12.3. The molecule has 4 heteroatoms. The van der Waals surface area contributed by atoms with E-state index in [4.69, 9.17) is 0 Å². The van der Waals surface area contributed by atoms with Crippen molar-refractivity contribution in [1.82, 2.24) is 4.90 Å². The first kappa shape index (κ1) is 20.7. The molecule has 2 aromatic rings. The van der Waals surface area contributed by atoms with Gasteiger partial charge in [0.05, 0.1) is 0 Å². The van der Waals surface area contributed by atoms with E-state index in [1.807, 2.05) is 68.1 Å². The van der Waals surface area contributed by atoms with Crippen LogP contribution in [0.2, 0.25) is 0 Å². The van der Waals surface area contributed by atoms with E-state index in [0.29, 0.717) is 17.8 Å². The highest BCUT2D eigenvalue weighted by Crippen LogP contribution is 2.20. The van der Waals surface area contributed by atoms with Crippen molar-refractivity contribution in [2.24, 2.45) is 5.41 Å². The molecule has 0 aliphatic carbocycles. The smallest absolute Gasteiger partial charge is 0.254 e. The summed E-state index contributed by atoms with van der Waals surface area (Å²) >= 11 is 0. The van der Waals surface area contributed by atoms with Crippen molar-refractivity contribution in [1.29, 1.82) is 0 Å². The molecule has 0 aliphatic rings. The second-order valence-electron chi connectivity index (χ2n) is 7.96. The summed E-state index contributed by atoms with van der Waals surface area (Å²) in [6.45, 7) is 10.3. The molecule has 27 heavy (non-hydrogen) atoms. The molecular formula is C23H30N2O2. The zero-order chi connectivity index (χ0) is 20.0. The van der Waals surface area contributed by atoms with Gasteiger partial charge in [-0.25, -0.2) is 0 Å². The van der Waals surface area contributed by atoms with Crippen LogP contribution in [0.1, 0.15) is 57.0 Å². The summed E-state index contributed by atoms with van der Waals surface area (Å²) in [5.74, 6) is -0.102. The lowest BCUT2D eigenvalue weighted by Crippen LogP contribution is -2.37. The Balaban J connectivity index is 2.24. The summed E-state index contributed by atoms with van der Waals surface area (Å²) in [4.78, 5) is 27.3. The molecule has 2 aromatic carbocycles. The van der Waals surface area contributed by atoms with E-state index in [2.05, 4.69) is 19.2 Å². The number of carbonyl (C=O) groups is 2. The molecule has 2 amide bonds. The van der Waals surface area contributed by atoms with Gasteiger partial charge in [-0.1, -0.05) is 64.1 Å². The lowest BCUT2D eigenvalue weighted by Gasteiger charge is -2.29. The minimum atomic E-state index is -0.490. The average Bonchev–Trinajstić information content (AvgIpc) is 2.65. The third-order valence-corrected chi connectivity index (χ3v) is 4.63. The number of hydrogen-bond acceptors (Lipinski definition) is 2. The van der Waals surface area contributed by atoms with Gasteiger partial charge in [0.1, 0.15) is 0 Å². The summed E-state index contributed by atoms with van der Waals surface area (Å²) in [6, 6.07) is 17.3. The van der Waals surface area contributed by atoms with Crippen LogP contribution in [-0.2, 0) is 11.3 Å². The standard InChI is InChI=1S/C23H30N2O2/c1-6-17(2)25(16-18-11-8-7-9-12-18)21(26)19-13-10-14-20(15-19)24-22(27)23(3,4)5/h7-15,17H,6,16H2,1-5H3,(H,24,27). The van der Waals surface area contributed by atoms with Gasteiger partial charge in [0.2, 0.25) is 5.91 Å². The van der Waals surface area contributed by atoms with Crippen LogP contribution in [0.5, 0.6) is 0 Å². The predicted octanol–water partition coefficient (Wildman–Crippen LogP) is 5.11. The lowest BCUT2D eigenvalue weighted by molar-refractivity contribution is -0.123. The average molecular weight is 367 g/mol. The lowest BCUT2D eigenvalue weighted by atomic mass is 9.95. The number of nitrogens with one attached hydrogen (secondary N) is 1. The highest BCUT2D eigenvalue weighted by Gasteiger charge is 2.23. The molecule has 1 N–H and O–H groups in total. The Labute approximate surface area is 162 Å². The van der Waals surface area contributed by atoms with Gasteiger partial charge < -0.3 is 10.2 Å². The van der Waals surface area contributed by atoms with Crippen LogP contribution in [0.4, 0.5) is 5.69 Å². The minimum absolute atomic E-state index is 0.0277. The Kier molecular flexibility index (Phi) is 6.78. The van der Waals surface area contributed by atoms with Crippen LogP contribution in [-0.4, -0.2) is 22.8 Å². The number of amides is 2. The summed E-state index contributed by atoms with van der Waals surface area (Å²) < 4.78 is 0. The number of rotatable bonds is 6. The van der Waals surface area contributed by atoms with Gasteiger partial charge >= 0.3 is 0 Å². The fourth-order valence-corrected chi connectivity index (χ4v) is 2.64. The van der Waals surface area contributed by atoms with Crippen molar-refractivity contribution in [2.45, 2.75) is 53.6 Å². The number of benzene rings is 2. The molecule has 0 aliphatic heterocycles. The van der Waals surface area contributed by atoms with Crippen molar-refractivity contribution in [3.8, 4) is 0 Å². The Morgan fingerprint density at radius 3 is 2.30 bits per heavy atom. The van der Waals surface area contributed by atoms with Crippen LogP contribution in [0.3, 0.4) is 0 Å². The van der Waals surface area contributed by atoms with Crippen LogP contribution >= 0.6 is 0 Å². The van der Waals surface area contributed by atoms with Crippen LogP contribution < -0.4 is 5.32 Å². The number of anilines is 1. The maximum absolute atomic E-state index is 13.2.